The predicted octanol–water partition coefficient (Wildman–Crippen LogP) is 1.84. The lowest BCUT2D eigenvalue weighted by Gasteiger charge is -2.07. The minimum Gasteiger partial charge on any atom is -0.462 e. The van der Waals surface area contributed by atoms with E-state index in [0.717, 1.165) is 11.3 Å². The Morgan fingerprint density at radius 2 is 1.88 bits per heavy atom. The third-order valence-corrected chi connectivity index (χ3v) is 5.66. The molecule has 0 fully saturated rings. The summed E-state index contributed by atoms with van der Waals surface area (Å²) in [4.78, 5) is 23.3. The van der Waals surface area contributed by atoms with Gasteiger partial charge >= 0.3 is 5.97 Å². The summed E-state index contributed by atoms with van der Waals surface area (Å²) >= 11 is 1.07. The third-order valence-electron chi connectivity index (χ3n) is 2.86. The van der Waals surface area contributed by atoms with E-state index in [1.165, 1.54) is 30.3 Å². The molecule has 1 heterocycles. The average Bonchev–Trinajstić information content (AvgIpc) is 3.09. The highest BCUT2D eigenvalue weighted by molar-refractivity contribution is 7.91. The van der Waals surface area contributed by atoms with E-state index in [0.29, 0.717) is 11.3 Å². The number of carbonyl (C=O) groups excluding carboxylic acids is 2. The number of hydrogen-bond donors (Lipinski definition) is 2. The molecule has 1 amide bonds. The first-order valence-corrected chi connectivity index (χ1v) is 9.39. The fourth-order valence-corrected chi connectivity index (χ4v) is 3.78. The van der Waals surface area contributed by atoms with Gasteiger partial charge in [0.25, 0.3) is 10.0 Å². The van der Waals surface area contributed by atoms with Crippen molar-refractivity contribution in [2.24, 2.45) is 0 Å². The van der Waals surface area contributed by atoms with Crippen molar-refractivity contribution in [2.45, 2.75) is 11.1 Å². The van der Waals surface area contributed by atoms with Crippen molar-refractivity contribution in [3.05, 3.63) is 47.3 Å². The number of benzene rings is 1. The highest BCUT2D eigenvalue weighted by Gasteiger charge is 2.16. The normalized spacial score (nSPS) is 11.0. The van der Waals surface area contributed by atoms with E-state index in [1.807, 2.05) is 0 Å². The number of ether oxygens (including phenoxy) is 1. The number of carbonyl (C=O) groups is 2. The zero-order valence-electron chi connectivity index (χ0n) is 12.8. The molecule has 1 aromatic carbocycles. The number of rotatable bonds is 7. The fraction of sp³-hybridized carbons (Fsp3) is 0.200. The first-order chi connectivity index (χ1) is 11.4. The summed E-state index contributed by atoms with van der Waals surface area (Å²) in [5.41, 5.74) is 0.816. The van der Waals surface area contributed by atoms with Gasteiger partial charge in [-0.25, -0.2) is 17.9 Å². The van der Waals surface area contributed by atoms with E-state index in [2.05, 4.69) is 10.0 Å². The smallest absolute Gasteiger partial charge is 0.338 e. The van der Waals surface area contributed by atoms with Gasteiger partial charge in [0.15, 0.2) is 0 Å². The summed E-state index contributed by atoms with van der Waals surface area (Å²) in [5, 5.41) is 4.18. The number of sulfonamides is 1. The molecule has 0 aliphatic rings. The molecule has 24 heavy (non-hydrogen) atoms. The van der Waals surface area contributed by atoms with Gasteiger partial charge in [-0.15, -0.1) is 11.3 Å². The van der Waals surface area contributed by atoms with Crippen LogP contribution in [-0.4, -0.2) is 33.4 Å². The van der Waals surface area contributed by atoms with Crippen molar-refractivity contribution in [2.75, 3.05) is 18.5 Å². The zero-order valence-corrected chi connectivity index (χ0v) is 14.4. The standard InChI is InChI=1S/C15H16N2O5S2/c1-2-22-15(19)11-5-7-12(8-6-11)17-13(18)10-16-24(20,21)14-4-3-9-23-14/h3-9,16H,2,10H2,1H3,(H,17,18). The first kappa shape index (κ1) is 18.1. The van der Waals surface area contributed by atoms with Crippen LogP contribution in [0, 0.1) is 0 Å². The Kier molecular flexibility index (Phi) is 6.07. The molecule has 0 aliphatic heterocycles. The number of nitrogens with one attached hydrogen (secondary N) is 2. The number of anilines is 1. The van der Waals surface area contributed by atoms with Crippen molar-refractivity contribution in [3.63, 3.8) is 0 Å². The van der Waals surface area contributed by atoms with Crippen LogP contribution in [0.25, 0.3) is 0 Å². The third kappa shape index (κ3) is 4.88. The maximum atomic E-state index is 11.9. The zero-order chi connectivity index (χ0) is 17.6. The molecule has 0 spiro atoms. The topological polar surface area (TPSA) is 102 Å². The monoisotopic (exact) mass is 368 g/mol. The minimum atomic E-state index is -3.68. The Morgan fingerprint density at radius 3 is 2.46 bits per heavy atom. The van der Waals surface area contributed by atoms with Crippen molar-refractivity contribution in [1.82, 2.24) is 4.72 Å². The lowest BCUT2D eigenvalue weighted by Crippen LogP contribution is -2.32. The molecule has 7 nitrogen and oxygen atoms in total. The molecule has 0 unspecified atom stereocenters. The lowest BCUT2D eigenvalue weighted by atomic mass is 10.2. The van der Waals surface area contributed by atoms with E-state index in [4.69, 9.17) is 4.74 Å². The highest BCUT2D eigenvalue weighted by Crippen LogP contribution is 2.15. The molecular weight excluding hydrogens is 352 g/mol. The van der Waals surface area contributed by atoms with E-state index in [-0.39, 0.29) is 17.4 Å². The minimum absolute atomic E-state index is 0.147. The molecule has 0 bridgehead atoms. The lowest BCUT2D eigenvalue weighted by molar-refractivity contribution is -0.115. The van der Waals surface area contributed by atoms with Crippen molar-refractivity contribution < 1.29 is 22.7 Å². The van der Waals surface area contributed by atoms with Crippen molar-refractivity contribution >= 4 is 38.9 Å². The van der Waals surface area contributed by atoms with Gasteiger partial charge in [-0.3, -0.25) is 4.79 Å². The molecule has 0 radical (unpaired) electrons. The Morgan fingerprint density at radius 1 is 1.17 bits per heavy atom. The van der Waals surface area contributed by atoms with Gasteiger partial charge in [0, 0.05) is 5.69 Å². The van der Waals surface area contributed by atoms with Gasteiger partial charge in [0.05, 0.1) is 18.7 Å². The van der Waals surface area contributed by atoms with Gasteiger partial charge < -0.3 is 10.1 Å². The molecule has 2 rings (SSSR count). The summed E-state index contributed by atoms with van der Waals surface area (Å²) in [6.45, 7) is 1.60. The number of thiophene rings is 1. The van der Waals surface area contributed by atoms with Gasteiger partial charge in [-0.05, 0) is 42.6 Å². The largest absolute Gasteiger partial charge is 0.462 e. The molecule has 128 valence electrons. The summed E-state index contributed by atoms with van der Waals surface area (Å²) < 4.78 is 31.0. The van der Waals surface area contributed by atoms with Crippen LogP contribution in [0.15, 0.2) is 46.0 Å². The second-order valence-electron chi connectivity index (χ2n) is 4.60. The van der Waals surface area contributed by atoms with Crippen LogP contribution in [0.1, 0.15) is 17.3 Å². The molecule has 0 atom stereocenters. The highest BCUT2D eigenvalue weighted by atomic mass is 32.2. The van der Waals surface area contributed by atoms with Crippen LogP contribution >= 0.6 is 11.3 Å². The first-order valence-electron chi connectivity index (χ1n) is 7.02. The molecule has 0 aliphatic carbocycles. The van der Waals surface area contributed by atoms with E-state index >= 15 is 0 Å². The van der Waals surface area contributed by atoms with Gasteiger partial charge in [0.2, 0.25) is 5.91 Å². The molecular formula is C15H16N2O5S2. The van der Waals surface area contributed by atoms with Crippen molar-refractivity contribution in [3.8, 4) is 0 Å². The van der Waals surface area contributed by atoms with Gasteiger partial charge in [-0.1, -0.05) is 6.07 Å². The van der Waals surface area contributed by atoms with Gasteiger partial charge in [0.1, 0.15) is 4.21 Å². The number of esters is 1. The molecule has 2 N–H and O–H groups in total. The Balaban J connectivity index is 1.90. The summed E-state index contributed by atoms with van der Waals surface area (Å²) in [7, 11) is -3.68. The Labute approximate surface area is 143 Å². The van der Waals surface area contributed by atoms with Crippen LogP contribution in [0.3, 0.4) is 0 Å². The van der Waals surface area contributed by atoms with Crippen LogP contribution in [0.4, 0.5) is 5.69 Å². The average molecular weight is 368 g/mol. The van der Waals surface area contributed by atoms with Crippen LogP contribution in [0.2, 0.25) is 0 Å². The Hall–Kier alpha value is -2.23. The second kappa shape index (κ2) is 8.04. The molecule has 9 heteroatoms. The van der Waals surface area contributed by atoms with Crippen molar-refractivity contribution in [1.29, 1.82) is 0 Å². The quantitative estimate of drug-likeness (QED) is 0.726. The van der Waals surface area contributed by atoms with Crippen LogP contribution in [0.5, 0.6) is 0 Å². The number of amides is 1. The molecule has 0 saturated carbocycles. The van der Waals surface area contributed by atoms with E-state index < -0.39 is 21.9 Å². The second-order valence-corrected chi connectivity index (χ2v) is 7.54. The molecule has 2 aromatic rings. The molecule has 1 aromatic heterocycles. The predicted molar refractivity (Wildman–Crippen MR) is 90.5 cm³/mol. The van der Waals surface area contributed by atoms with Crippen LogP contribution in [-0.2, 0) is 19.6 Å². The van der Waals surface area contributed by atoms with E-state index in [1.54, 1.807) is 18.4 Å². The van der Waals surface area contributed by atoms with E-state index in [9.17, 15) is 18.0 Å². The van der Waals surface area contributed by atoms with Crippen LogP contribution < -0.4 is 10.0 Å². The summed E-state index contributed by atoms with van der Waals surface area (Å²) in [6.07, 6.45) is 0. The summed E-state index contributed by atoms with van der Waals surface area (Å²) in [5.74, 6) is -0.960. The maximum Gasteiger partial charge on any atom is 0.338 e. The Bertz CT molecular complexity index is 799. The SMILES string of the molecule is CCOC(=O)c1ccc(NC(=O)CNS(=O)(=O)c2cccs2)cc1. The van der Waals surface area contributed by atoms with Gasteiger partial charge in [-0.2, -0.15) is 0 Å². The fourth-order valence-electron chi connectivity index (χ4n) is 1.76. The molecule has 0 saturated heterocycles. The summed E-state index contributed by atoms with van der Waals surface area (Å²) in [6, 6.07) is 9.19. The number of hydrogen-bond acceptors (Lipinski definition) is 6. The maximum absolute atomic E-state index is 11.9.